The Morgan fingerprint density at radius 3 is 2.39 bits per heavy atom. The molecule has 100 valence electrons. The summed E-state index contributed by atoms with van der Waals surface area (Å²) in [5.74, 6) is 0.541. The van der Waals surface area contributed by atoms with Gasteiger partial charge in [0.25, 0.3) is 0 Å². The molecule has 0 saturated heterocycles. The SMILES string of the molecule is C=CCC[Si](C)(c1ccccc1)C(O)CC(C)C. The molecule has 0 aliphatic rings. The molecular formula is C16H26OSi. The average molecular weight is 262 g/mol. The first-order chi connectivity index (χ1) is 8.50. The Kier molecular flexibility index (Phi) is 5.83. The molecular weight excluding hydrogens is 236 g/mol. The summed E-state index contributed by atoms with van der Waals surface area (Å²) in [6, 6.07) is 11.6. The number of benzene rings is 1. The van der Waals surface area contributed by atoms with Crippen LogP contribution in [0.4, 0.5) is 0 Å². The average Bonchev–Trinajstić information content (AvgIpc) is 2.36. The number of rotatable bonds is 7. The molecule has 0 aromatic heterocycles. The van der Waals surface area contributed by atoms with Crippen LogP contribution in [0, 0.1) is 5.92 Å². The van der Waals surface area contributed by atoms with E-state index in [1.54, 1.807) is 0 Å². The van der Waals surface area contributed by atoms with Gasteiger partial charge >= 0.3 is 0 Å². The van der Waals surface area contributed by atoms with Gasteiger partial charge in [0.05, 0.1) is 5.73 Å². The maximum atomic E-state index is 10.6. The lowest BCUT2D eigenvalue weighted by atomic mass is 10.1. The fourth-order valence-electron chi connectivity index (χ4n) is 2.43. The Hall–Kier alpha value is -0.863. The zero-order chi connectivity index (χ0) is 13.6. The molecule has 18 heavy (non-hydrogen) atoms. The highest BCUT2D eigenvalue weighted by Gasteiger charge is 2.36. The van der Waals surface area contributed by atoms with E-state index in [0.29, 0.717) is 5.92 Å². The van der Waals surface area contributed by atoms with Gasteiger partial charge in [-0.2, -0.15) is 0 Å². The van der Waals surface area contributed by atoms with Crippen LogP contribution < -0.4 is 5.19 Å². The summed E-state index contributed by atoms with van der Waals surface area (Å²) < 4.78 is 0. The largest absolute Gasteiger partial charge is 0.396 e. The van der Waals surface area contributed by atoms with Crippen molar-refractivity contribution in [2.24, 2.45) is 5.92 Å². The fourth-order valence-corrected chi connectivity index (χ4v) is 6.19. The van der Waals surface area contributed by atoms with Gasteiger partial charge in [0.2, 0.25) is 0 Å². The van der Waals surface area contributed by atoms with Gasteiger partial charge < -0.3 is 5.11 Å². The van der Waals surface area contributed by atoms with Gasteiger partial charge in [-0.05, 0) is 24.8 Å². The predicted molar refractivity (Wildman–Crippen MR) is 82.8 cm³/mol. The van der Waals surface area contributed by atoms with E-state index in [1.165, 1.54) is 5.19 Å². The van der Waals surface area contributed by atoms with E-state index in [0.717, 1.165) is 18.9 Å². The Morgan fingerprint density at radius 1 is 1.28 bits per heavy atom. The first-order valence-corrected chi connectivity index (χ1v) is 9.63. The van der Waals surface area contributed by atoms with Gasteiger partial charge in [-0.15, -0.1) is 6.58 Å². The summed E-state index contributed by atoms with van der Waals surface area (Å²) in [7, 11) is -1.83. The standard InChI is InChI=1S/C16H26OSi/c1-5-6-12-18(4,16(17)13-14(2)3)15-10-8-7-9-11-15/h5,7-11,14,16-17H,1,6,12-13H2,2-4H3. The van der Waals surface area contributed by atoms with Crippen LogP contribution in [0.2, 0.25) is 12.6 Å². The maximum Gasteiger partial charge on any atom is 0.116 e. The summed E-state index contributed by atoms with van der Waals surface area (Å²) in [6.07, 6.45) is 3.86. The smallest absolute Gasteiger partial charge is 0.116 e. The molecule has 2 heteroatoms. The lowest BCUT2D eigenvalue weighted by Crippen LogP contribution is -2.55. The van der Waals surface area contributed by atoms with Crippen LogP contribution in [0.5, 0.6) is 0 Å². The molecule has 0 bridgehead atoms. The molecule has 1 N–H and O–H groups in total. The Bertz CT molecular complexity index is 361. The molecule has 2 atom stereocenters. The van der Waals surface area contributed by atoms with Crippen LogP contribution in [0.15, 0.2) is 43.0 Å². The Balaban J connectivity index is 2.97. The van der Waals surface area contributed by atoms with Crippen molar-refractivity contribution in [3.63, 3.8) is 0 Å². The minimum absolute atomic E-state index is 0.167. The second-order valence-electron chi connectivity index (χ2n) is 5.76. The van der Waals surface area contributed by atoms with Gasteiger partial charge in [-0.3, -0.25) is 0 Å². The van der Waals surface area contributed by atoms with Crippen LogP contribution in [0.1, 0.15) is 26.7 Å². The molecule has 0 saturated carbocycles. The highest BCUT2D eigenvalue weighted by atomic mass is 28.3. The fraction of sp³-hybridized carbons (Fsp3) is 0.500. The summed E-state index contributed by atoms with van der Waals surface area (Å²) >= 11 is 0. The molecule has 1 aromatic rings. The van der Waals surface area contributed by atoms with Crippen LogP contribution in [-0.2, 0) is 0 Å². The molecule has 2 unspecified atom stereocenters. The summed E-state index contributed by atoms with van der Waals surface area (Å²) in [6.45, 7) is 10.5. The Labute approximate surface area is 113 Å². The van der Waals surface area contributed by atoms with Crippen molar-refractivity contribution in [3.05, 3.63) is 43.0 Å². The normalized spacial score (nSPS) is 16.3. The minimum Gasteiger partial charge on any atom is -0.396 e. The summed E-state index contributed by atoms with van der Waals surface area (Å²) in [5.41, 5.74) is -0.167. The zero-order valence-electron chi connectivity index (χ0n) is 11.9. The molecule has 1 nitrogen and oxygen atoms in total. The van der Waals surface area contributed by atoms with Crippen molar-refractivity contribution >= 4 is 13.3 Å². The Morgan fingerprint density at radius 2 is 1.89 bits per heavy atom. The van der Waals surface area contributed by atoms with Gasteiger partial charge in [-0.25, -0.2) is 0 Å². The summed E-state index contributed by atoms with van der Waals surface area (Å²) in [5, 5.41) is 12.0. The third-order valence-corrected chi connectivity index (χ3v) is 8.42. The lowest BCUT2D eigenvalue weighted by molar-refractivity contribution is 0.215. The number of aliphatic hydroxyl groups excluding tert-OH is 1. The number of hydrogen-bond donors (Lipinski definition) is 1. The predicted octanol–water partition coefficient (Wildman–Crippen LogP) is 3.49. The number of allylic oxidation sites excluding steroid dienone is 1. The van der Waals surface area contributed by atoms with Gasteiger partial charge in [0, 0.05) is 0 Å². The molecule has 0 spiro atoms. The number of aliphatic hydroxyl groups is 1. The lowest BCUT2D eigenvalue weighted by Gasteiger charge is -2.34. The monoisotopic (exact) mass is 262 g/mol. The second kappa shape index (κ2) is 6.91. The van der Waals surface area contributed by atoms with E-state index in [2.05, 4.69) is 51.2 Å². The van der Waals surface area contributed by atoms with Crippen molar-refractivity contribution < 1.29 is 5.11 Å². The molecule has 0 aliphatic heterocycles. The highest BCUT2D eigenvalue weighted by molar-refractivity contribution is 6.91. The van der Waals surface area contributed by atoms with Gasteiger partial charge in [0.15, 0.2) is 0 Å². The third-order valence-electron chi connectivity index (χ3n) is 3.73. The first-order valence-electron chi connectivity index (χ1n) is 6.85. The third kappa shape index (κ3) is 3.82. The van der Waals surface area contributed by atoms with Crippen molar-refractivity contribution in [2.45, 2.75) is 45.0 Å². The first kappa shape index (κ1) is 15.2. The molecule has 0 radical (unpaired) electrons. The van der Waals surface area contributed by atoms with Crippen molar-refractivity contribution in [2.75, 3.05) is 0 Å². The van der Waals surface area contributed by atoms with E-state index >= 15 is 0 Å². The molecule has 0 heterocycles. The van der Waals surface area contributed by atoms with E-state index in [9.17, 15) is 5.11 Å². The summed E-state index contributed by atoms with van der Waals surface area (Å²) in [4.78, 5) is 0. The second-order valence-corrected chi connectivity index (χ2v) is 10.3. The van der Waals surface area contributed by atoms with Crippen LogP contribution >= 0.6 is 0 Å². The number of hydrogen-bond acceptors (Lipinski definition) is 1. The molecule has 0 fully saturated rings. The topological polar surface area (TPSA) is 20.2 Å². The van der Waals surface area contributed by atoms with Gasteiger partial charge in [0.1, 0.15) is 8.07 Å². The van der Waals surface area contributed by atoms with E-state index in [-0.39, 0.29) is 5.73 Å². The van der Waals surface area contributed by atoms with Crippen molar-refractivity contribution in [1.29, 1.82) is 0 Å². The highest BCUT2D eigenvalue weighted by Crippen LogP contribution is 2.22. The van der Waals surface area contributed by atoms with Crippen molar-refractivity contribution in [3.8, 4) is 0 Å². The molecule has 0 amide bonds. The molecule has 1 aromatic carbocycles. The van der Waals surface area contributed by atoms with Crippen LogP contribution in [0.25, 0.3) is 0 Å². The van der Waals surface area contributed by atoms with E-state index in [4.69, 9.17) is 0 Å². The van der Waals surface area contributed by atoms with Gasteiger partial charge in [-0.1, -0.05) is 62.0 Å². The maximum absolute atomic E-state index is 10.6. The molecule has 1 rings (SSSR count). The van der Waals surface area contributed by atoms with Crippen molar-refractivity contribution in [1.82, 2.24) is 0 Å². The zero-order valence-corrected chi connectivity index (χ0v) is 12.9. The molecule has 0 aliphatic carbocycles. The van der Waals surface area contributed by atoms with E-state index < -0.39 is 8.07 Å². The minimum atomic E-state index is -1.83. The van der Waals surface area contributed by atoms with Crippen LogP contribution in [0.3, 0.4) is 0 Å². The van der Waals surface area contributed by atoms with Crippen LogP contribution in [-0.4, -0.2) is 18.9 Å². The van der Waals surface area contributed by atoms with E-state index in [1.807, 2.05) is 12.1 Å². The quantitative estimate of drug-likeness (QED) is 0.589.